The van der Waals surface area contributed by atoms with Gasteiger partial charge in [-0.25, -0.2) is 0 Å². The van der Waals surface area contributed by atoms with E-state index in [0.717, 1.165) is 17.0 Å². The van der Waals surface area contributed by atoms with Crippen LogP contribution in [0.4, 0.5) is 0 Å². The summed E-state index contributed by atoms with van der Waals surface area (Å²) in [7, 11) is 0. The van der Waals surface area contributed by atoms with Gasteiger partial charge in [-0.1, -0.05) is 43.6 Å². The fraction of sp³-hybridized carbons (Fsp3) is 0.480. The van der Waals surface area contributed by atoms with Crippen molar-refractivity contribution < 1.29 is 14.7 Å². The van der Waals surface area contributed by atoms with E-state index in [0.29, 0.717) is 30.2 Å². The van der Waals surface area contributed by atoms with Gasteiger partial charge in [0, 0.05) is 16.6 Å². The van der Waals surface area contributed by atoms with Crippen LogP contribution in [-0.4, -0.2) is 26.9 Å². The molecule has 1 aliphatic carbocycles. The van der Waals surface area contributed by atoms with Gasteiger partial charge in [-0.3, -0.25) is 14.6 Å². The highest BCUT2D eigenvalue weighted by atomic mass is 35.5. The first-order chi connectivity index (χ1) is 14.8. The number of halogens is 1. The van der Waals surface area contributed by atoms with Crippen LogP contribution < -0.4 is 0 Å². The second-order valence-electron chi connectivity index (χ2n) is 9.14. The molecule has 1 amide bonds. The smallest absolute Gasteiger partial charge is 0.304 e. The number of carboxylic acid groups (broad SMARTS) is 1. The third-order valence-electron chi connectivity index (χ3n) is 6.70. The maximum atomic E-state index is 13.8. The van der Waals surface area contributed by atoms with E-state index in [1.165, 1.54) is 12.8 Å². The van der Waals surface area contributed by atoms with Crippen LogP contribution >= 0.6 is 11.6 Å². The van der Waals surface area contributed by atoms with E-state index in [1.54, 1.807) is 6.92 Å². The maximum Gasteiger partial charge on any atom is 0.304 e. The minimum absolute atomic E-state index is 0.105. The lowest BCUT2D eigenvalue weighted by atomic mass is 9.74. The zero-order chi connectivity index (χ0) is 22.2. The van der Waals surface area contributed by atoms with E-state index in [9.17, 15) is 14.7 Å². The number of aliphatic carboxylic acids is 1. The van der Waals surface area contributed by atoms with Crippen LogP contribution in [0, 0.1) is 5.41 Å². The monoisotopic (exact) mass is 440 g/mol. The van der Waals surface area contributed by atoms with Crippen LogP contribution in [0.3, 0.4) is 0 Å². The molecule has 2 aliphatic rings. The molecule has 4 rings (SSSR count). The zero-order valence-corrected chi connectivity index (χ0v) is 18.8. The largest absolute Gasteiger partial charge is 0.481 e. The molecule has 1 aromatic heterocycles. The van der Waals surface area contributed by atoms with Crippen molar-refractivity contribution in [3.63, 3.8) is 0 Å². The molecule has 0 spiro atoms. The van der Waals surface area contributed by atoms with Gasteiger partial charge < -0.3 is 10.0 Å². The molecule has 164 valence electrons. The van der Waals surface area contributed by atoms with E-state index in [1.807, 2.05) is 41.3 Å². The number of hydrogen-bond acceptors (Lipinski definition) is 3. The highest BCUT2D eigenvalue weighted by Gasteiger charge is 2.48. The molecule has 1 aromatic carbocycles. The van der Waals surface area contributed by atoms with Crippen molar-refractivity contribution in [1.82, 2.24) is 9.88 Å². The van der Waals surface area contributed by atoms with Crippen LogP contribution in [0.1, 0.15) is 87.3 Å². The normalized spacial score (nSPS) is 24.8. The summed E-state index contributed by atoms with van der Waals surface area (Å²) in [5.74, 6) is -0.520. The van der Waals surface area contributed by atoms with Crippen molar-refractivity contribution in [3.05, 3.63) is 64.4 Å². The summed E-state index contributed by atoms with van der Waals surface area (Å²) in [6.45, 7) is 3.85. The van der Waals surface area contributed by atoms with E-state index >= 15 is 0 Å². The summed E-state index contributed by atoms with van der Waals surface area (Å²) in [6.07, 6.45) is 4.12. The standard InChI is InChI=1S/C25H29ClN2O3/c1-3-21(20-6-4-5-19(27-20)16-7-8-16)28-22(17-9-11-18(26)12-10-17)13-14-25(2,24(28)31)15-23(29)30/h4-6,9-12,16,21-22H,3,7-8,13-15H2,1-2H3,(H,29,30)/t21?,22?,25-/m1/s1. The number of carbonyl (C=O) groups excluding carboxylic acids is 1. The van der Waals surface area contributed by atoms with Crippen molar-refractivity contribution in [1.29, 1.82) is 0 Å². The van der Waals surface area contributed by atoms with Gasteiger partial charge in [0.1, 0.15) is 0 Å². The molecular weight excluding hydrogens is 412 g/mol. The molecule has 3 atom stereocenters. The average molecular weight is 441 g/mol. The molecule has 0 radical (unpaired) electrons. The van der Waals surface area contributed by atoms with E-state index < -0.39 is 11.4 Å². The van der Waals surface area contributed by atoms with Gasteiger partial charge in [0.2, 0.25) is 5.91 Å². The number of aromatic nitrogens is 1. The van der Waals surface area contributed by atoms with E-state index in [2.05, 4.69) is 13.0 Å². The second kappa shape index (κ2) is 8.62. The number of pyridine rings is 1. The summed E-state index contributed by atoms with van der Waals surface area (Å²) in [4.78, 5) is 32.2. The number of rotatable bonds is 7. The molecule has 31 heavy (non-hydrogen) atoms. The Morgan fingerprint density at radius 1 is 1.23 bits per heavy atom. The molecule has 1 saturated carbocycles. The SMILES string of the molecule is CCC(c1cccc(C2CC2)n1)N1C(=O)[C@@](C)(CC(=O)O)CCC1c1ccc(Cl)cc1. The minimum Gasteiger partial charge on any atom is -0.481 e. The molecule has 2 fully saturated rings. The topological polar surface area (TPSA) is 70.5 Å². The first-order valence-corrected chi connectivity index (χ1v) is 11.5. The molecule has 2 aromatic rings. The minimum atomic E-state index is -0.942. The maximum absolute atomic E-state index is 13.8. The number of piperidine rings is 1. The first kappa shape index (κ1) is 21.8. The number of hydrogen-bond donors (Lipinski definition) is 1. The number of likely N-dealkylation sites (tertiary alicyclic amines) is 1. The van der Waals surface area contributed by atoms with E-state index in [-0.39, 0.29) is 24.4 Å². The Kier molecular flexibility index (Phi) is 6.07. The fourth-order valence-electron chi connectivity index (χ4n) is 4.83. The van der Waals surface area contributed by atoms with Gasteiger partial charge in [-0.2, -0.15) is 0 Å². The summed E-state index contributed by atoms with van der Waals surface area (Å²) < 4.78 is 0. The molecule has 0 bridgehead atoms. The Labute approximate surface area is 188 Å². The molecule has 1 aliphatic heterocycles. The van der Waals surface area contributed by atoms with Crippen molar-refractivity contribution in [2.75, 3.05) is 0 Å². The van der Waals surface area contributed by atoms with Crippen molar-refractivity contribution in [2.45, 2.75) is 70.4 Å². The number of nitrogens with zero attached hydrogens (tertiary/aromatic N) is 2. The predicted octanol–water partition coefficient (Wildman–Crippen LogP) is 5.91. The van der Waals surface area contributed by atoms with Crippen molar-refractivity contribution in [2.24, 2.45) is 5.41 Å². The van der Waals surface area contributed by atoms with Crippen LogP contribution in [0.15, 0.2) is 42.5 Å². The Morgan fingerprint density at radius 3 is 2.55 bits per heavy atom. The number of amides is 1. The molecule has 5 nitrogen and oxygen atoms in total. The Hall–Kier alpha value is -2.40. The van der Waals surface area contributed by atoms with Crippen LogP contribution in [0.5, 0.6) is 0 Å². The highest BCUT2D eigenvalue weighted by Crippen LogP contribution is 2.47. The average Bonchev–Trinajstić information content (AvgIpc) is 3.58. The second-order valence-corrected chi connectivity index (χ2v) is 9.57. The molecule has 2 heterocycles. The molecule has 2 unspecified atom stereocenters. The molecule has 1 N–H and O–H groups in total. The van der Waals surface area contributed by atoms with Gasteiger partial charge in [-0.05, 0) is 61.9 Å². The molecule has 1 saturated heterocycles. The Morgan fingerprint density at radius 2 is 1.94 bits per heavy atom. The van der Waals surface area contributed by atoms with Crippen LogP contribution in [0.2, 0.25) is 5.02 Å². The summed E-state index contributed by atoms with van der Waals surface area (Å²) in [5, 5.41) is 10.1. The summed E-state index contributed by atoms with van der Waals surface area (Å²) >= 11 is 6.10. The highest BCUT2D eigenvalue weighted by molar-refractivity contribution is 6.30. The van der Waals surface area contributed by atoms with Gasteiger partial charge in [-0.15, -0.1) is 0 Å². The van der Waals surface area contributed by atoms with E-state index in [4.69, 9.17) is 16.6 Å². The quantitative estimate of drug-likeness (QED) is 0.581. The summed E-state index contributed by atoms with van der Waals surface area (Å²) in [5.41, 5.74) is 2.08. The van der Waals surface area contributed by atoms with Gasteiger partial charge in [0.15, 0.2) is 0 Å². The summed E-state index contributed by atoms with van der Waals surface area (Å²) in [6, 6.07) is 13.4. The van der Waals surface area contributed by atoms with Crippen molar-refractivity contribution in [3.8, 4) is 0 Å². The molecule has 6 heteroatoms. The zero-order valence-electron chi connectivity index (χ0n) is 18.1. The number of carbonyl (C=O) groups is 2. The van der Waals surface area contributed by atoms with Crippen LogP contribution in [-0.2, 0) is 9.59 Å². The van der Waals surface area contributed by atoms with Gasteiger partial charge >= 0.3 is 5.97 Å². The number of carboxylic acids is 1. The lowest BCUT2D eigenvalue weighted by molar-refractivity contribution is -0.159. The molecular formula is C25H29ClN2O3. The third kappa shape index (κ3) is 4.47. The van der Waals surface area contributed by atoms with Gasteiger partial charge in [0.05, 0.1) is 29.6 Å². The Bertz CT molecular complexity index is 973. The Balaban J connectivity index is 1.75. The lowest BCUT2D eigenvalue weighted by Crippen LogP contribution is -2.51. The third-order valence-corrected chi connectivity index (χ3v) is 6.96. The first-order valence-electron chi connectivity index (χ1n) is 11.1. The van der Waals surface area contributed by atoms with Crippen molar-refractivity contribution >= 4 is 23.5 Å². The van der Waals surface area contributed by atoms with Crippen LogP contribution in [0.25, 0.3) is 0 Å². The number of benzene rings is 1. The lowest BCUT2D eigenvalue weighted by Gasteiger charge is -2.47. The van der Waals surface area contributed by atoms with Gasteiger partial charge in [0.25, 0.3) is 0 Å². The fourth-order valence-corrected chi connectivity index (χ4v) is 4.96. The predicted molar refractivity (Wildman–Crippen MR) is 120 cm³/mol.